The van der Waals surface area contributed by atoms with Gasteiger partial charge in [0.2, 0.25) is 0 Å². The number of fused-ring (bicyclic) bond motifs is 10. The standard InChI is InChI=1S/C87H66N5O.Pt/c1-85(2,3)60-46-47-88-83(52-60)92-81-54-63(91-77-38-22-18-34-69(77)70-35-19-23-39-78(70)91)42-44-71(81)72-45-43-65(55-82(72)92)93-66-49-62(87(59-30-14-9-15-31-59)75-36-20-16-32-67(75)68-33-17-21-37-76(68)87)48-64(53-66)89-56-90(80-41-25-24-40-79(80)89)84-73(57-26-10-7-11-27-57)50-61(86(4,5)6)51-74(84)58-28-12-8-13-29-58;/h7-52,54,56H,1-6H3;/q-3;. The minimum absolute atomic E-state index is 0. The number of hydrogen-bond donors (Lipinski definition) is 0. The molecular weight excluding hydrogens is 1330 g/mol. The molecule has 1 aliphatic heterocycles. The van der Waals surface area contributed by atoms with Crippen molar-refractivity contribution in [1.82, 2.24) is 14.1 Å². The van der Waals surface area contributed by atoms with Gasteiger partial charge >= 0.3 is 0 Å². The van der Waals surface area contributed by atoms with Gasteiger partial charge in [0.15, 0.2) is 0 Å². The van der Waals surface area contributed by atoms with Gasteiger partial charge in [-0.15, -0.1) is 53.6 Å². The molecule has 458 valence electrons. The fourth-order valence-electron chi connectivity index (χ4n) is 14.8. The van der Waals surface area contributed by atoms with Gasteiger partial charge in [0.05, 0.1) is 11.0 Å². The molecule has 1 aliphatic carbocycles. The molecule has 0 fully saturated rings. The van der Waals surface area contributed by atoms with Crippen LogP contribution in [0.3, 0.4) is 0 Å². The Labute approximate surface area is 563 Å². The summed E-state index contributed by atoms with van der Waals surface area (Å²) in [4.78, 5) is 9.88. The molecule has 0 amide bonds. The van der Waals surface area contributed by atoms with Crippen molar-refractivity contribution in [3.05, 3.63) is 337 Å². The van der Waals surface area contributed by atoms with E-state index >= 15 is 0 Å². The molecule has 7 heteroatoms. The van der Waals surface area contributed by atoms with Crippen LogP contribution in [0.2, 0.25) is 0 Å². The van der Waals surface area contributed by atoms with Gasteiger partial charge in [0, 0.05) is 94.3 Å². The predicted molar refractivity (Wildman–Crippen MR) is 384 cm³/mol. The Morgan fingerprint density at radius 2 is 0.936 bits per heavy atom. The van der Waals surface area contributed by atoms with Crippen molar-refractivity contribution in [3.8, 4) is 56.4 Å². The molecule has 6 nitrogen and oxygen atoms in total. The number of hydrogen-bond acceptors (Lipinski definition) is 4. The van der Waals surface area contributed by atoms with Gasteiger partial charge in [0.25, 0.3) is 0 Å². The molecule has 15 aromatic rings. The third-order valence-corrected chi connectivity index (χ3v) is 19.2. The van der Waals surface area contributed by atoms with Crippen molar-refractivity contribution in [3.63, 3.8) is 0 Å². The van der Waals surface area contributed by atoms with E-state index in [1.165, 1.54) is 44.2 Å². The monoisotopic (exact) mass is 1390 g/mol. The summed E-state index contributed by atoms with van der Waals surface area (Å²) < 4.78 is 12.1. The number of rotatable bonds is 10. The first-order valence-electron chi connectivity index (χ1n) is 32.2. The summed E-state index contributed by atoms with van der Waals surface area (Å²) in [5.74, 6) is 1.90. The molecule has 0 saturated heterocycles. The van der Waals surface area contributed by atoms with Crippen molar-refractivity contribution in [2.24, 2.45) is 0 Å². The fourth-order valence-corrected chi connectivity index (χ4v) is 14.8. The van der Waals surface area contributed by atoms with Crippen LogP contribution in [0, 0.1) is 18.8 Å². The smallest absolute Gasteiger partial charge is 0.135 e. The van der Waals surface area contributed by atoms with Crippen LogP contribution >= 0.6 is 0 Å². The summed E-state index contributed by atoms with van der Waals surface area (Å²) in [6.45, 7) is 15.9. The maximum absolute atomic E-state index is 7.48. The van der Waals surface area contributed by atoms with Gasteiger partial charge in [0.1, 0.15) is 5.82 Å². The zero-order valence-electron chi connectivity index (χ0n) is 53.2. The van der Waals surface area contributed by atoms with Gasteiger partial charge < -0.3 is 23.7 Å². The van der Waals surface area contributed by atoms with Crippen LogP contribution < -0.4 is 14.5 Å². The second-order valence-corrected chi connectivity index (χ2v) is 26.8. The summed E-state index contributed by atoms with van der Waals surface area (Å²) in [6, 6.07) is 109. The zero-order valence-corrected chi connectivity index (χ0v) is 55.4. The van der Waals surface area contributed by atoms with E-state index in [1.54, 1.807) is 0 Å². The molecule has 2 aliphatic rings. The fraction of sp³-hybridized carbons (Fsp3) is 0.103. The quantitative estimate of drug-likeness (QED) is 0.128. The van der Waals surface area contributed by atoms with Crippen LogP contribution in [-0.4, -0.2) is 14.1 Å². The Bertz CT molecular complexity index is 5280. The summed E-state index contributed by atoms with van der Waals surface area (Å²) in [5.41, 5.74) is 22.2. The SMILES string of the molecule is CC(C)(C)c1ccnc(-n2c3[c-]c(Oc4[c-]c(N5[CH-]N(c6c(-c7ccccc7)cc(C(C)(C)C)cc6-c6ccccc6)c6ccccc65)cc(C5(c6ccccc6)c6ccccc6-c6ccccc65)c4)ccc3c3ccc(-n4c5ccccc5c5ccccc54)cc32)c1.[Pt]. The van der Waals surface area contributed by atoms with Gasteiger partial charge in [-0.05, 0) is 127 Å². The molecular formula is C87H66N5OPt-3. The first-order valence-corrected chi connectivity index (χ1v) is 32.2. The van der Waals surface area contributed by atoms with Gasteiger partial charge in [-0.1, -0.05) is 241 Å². The maximum atomic E-state index is 7.48. The van der Waals surface area contributed by atoms with E-state index in [9.17, 15) is 0 Å². The van der Waals surface area contributed by atoms with Gasteiger partial charge in [-0.25, -0.2) is 4.98 Å². The number of nitrogens with zero attached hydrogens (tertiary/aromatic N) is 5. The van der Waals surface area contributed by atoms with Crippen molar-refractivity contribution >= 4 is 66.4 Å². The number of pyridine rings is 1. The molecule has 0 spiro atoms. The molecule has 0 radical (unpaired) electrons. The third kappa shape index (κ3) is 9.44. The first-order chi connectivity index (χ1) is 45.4. The molecule has 12 aromatic carbocycles. The second-order valence-electron chi connectivity index (χ2n) is 26.8. The molecule has 0 N–H and O–H groups in total. The zero-order chi connectivity index (χ0) is 62.7. The Hall–Kier alpha value is -10.5. The Morgan fingerprint density at radius 3 is 1.55 bits per heavy atom. The first kappa shape index (κ1) is 58.6. The van der Waals surface area contributed by atoms with Crippen LogP contribution in [0.25, 0.3) is 88.5 Å². The van der Waals surface area contributed by atoms with E-state index in [-0.39, 0.29) is 31.9 Å². The predicted octanol–water partition coefficient (Wildman–Crippen LogP) is 22.4. The summed E-state index contributed by atoms with van der Waals surface area (Å²) in [6.07, 6.45) is 1.94. The minimum atomic E-state index is -0.767. The molecule has 4 heterocycles. The van der Waals surface area contributed by atoms with E-state index in [0.717, 1.165) is 100 Å². The third-order valence-electron chi connectivity index (χ3n) is 19.2. The molecule has 0 bridgehead atoms. The Kier molecular flexibility index (Phi) is 14.1. The average Bonchev–Trinajstić information content (AvgIpc) is 1.52. The van der Waals surface area contributed by atoms with E-state index in [0.29, 0.717) is 11.5 Å². The summed E-state index contributed by atoms with van der Waals surface area (Å²) in [5, 5.41) is 4.56. The Morgan fingerprint density at radius 1 is 0.404 bits per heavy atom. The molecule has 0 unspecified atom stereocenters. The van der Waals surface area contributed by atoms with Crippen molar-refractivity contribution in [2.75, 3.05) is 9.80 Å². The number of benzene rings is 12. The summed E-state index contributed by atoms with van der Waals surface area (Å²) >= 11 is 0. The van der Waals surface area contributed by atoms with Crippen LogP contribution in [0.4, 0.5) is 22.7 Å². The molecule has 0 saturated carbocycles. The van der Waals surface area contributed by atoms with E-state index < -0.39 is 5.41 Å². The topological polar surface area (TPSA) is 38.5 Å². The molecule has 0 atom stereocenters. The largest absolute Gasteiger partial charge is 0.509 e. The van der Waals surface area contributed by atoms with Crippen molar-refractivity contribution in [2.45, 2.75) is 57.8 Å². The van der Waals surface area contributed by atoms with Crippen molar-refractivity contribution < 1.29 is 25.8 Å². The number of ether oxygens (including phenoxy) is 1. The van der Waals surface area contributed by atoms with E-state index in [1.807, 2.05) is 6.20 Å². The van der Waals surface area contributed by atoms with E-state index in [4.69, 9.17) is 9.72 Å². The normalized spacial score (nSPS) is 13.3. The Balaban J connectivity index is 0.00000699. The molecule has 94 heavy (non-hydrogen) atoms. The second kappa shape index (κ2) is 22.7. The number of aromatic nitrogens is 3. The van der Waals surface area contributed by atoms with Crippen LogP contribution in [-0.2, 0) is 37.3 Å². The van der Waals surface area contributed by atoms with Crippen molar-refractivity contribution in [1.29, 1.82) is 0 Å². The maximum Gasteiger partial charge on any atom is 0.135 e. The number of anilines is 4. The van der Waals surface area contributed by atoms with Crippen LogP contribution in [0.5, 0.6) is 11.5 Å². The average molecular weight is 1390 g/mol. The molecule has 3 aromatic heterocycles. The van der Waals surface area contributed by atoms with Gasteiger partial charge in [-0.3, -0.25) is 0 Å². The van der Waals surface area contributed by atoms with Crippen LogP contribution in [0.1, 0.15) is 74.9 Å². The van der Waals surface area contributed by atoms with E-state index in [2.05, 4.69) is 358 Å². The molecule has 17 rings (SSSR count). The van der Waals surface area contributed by atoms with Gasteiger partial charge in [-0.2, -0.15) is 6.07 Å². The van der Waals surface area contributed by atoms with Crippen LogP contribution in [0.15, 0.2) is 285 Å². The number of para-hydroxylation sites is 4. The minimum Gasteiger partial charge on any atom is -0.509 e. The summed E-state index contributed by atoms with van der Waals surface area (Å²) in [7, 11) is 0.